The molecule has 2 N–H and O–H groups in total. The summed E-state index contributed by atoms with van der Waals surface area (Å²) in [7, 11) is -0.783. The van der Waals surface area contributed by atoms with E-state index in [2.05, 4.69) is 27.9 Å². The van der Waals surface area contributed by atoms with E-state index >= 15 is 0 Å². The van der Waals surface area contributed by atoms with Gasteiger partial charge in [-0.1, -0.05) is 13.0 Å². The van der Waals surface area contributed by atoms with Crippen LogP contribution in [0.3, 0.4) is 0 Å². The number of rotatable bonds is 4. The Morgan fingerprint density at radius 1 is 1.45 bits per heavy atom. The summed E-state index contributed by atoms with van der Waals surface area (Å²) in [6.45, 7) is 4.24. The van der Waals surface area contributed by atoms with E-state index in [0.29, 0.717) is 23.7 Å². The third-order valence-electron chi connectivity index (χ3n) is 4.55. The van der Waals surface area contributed by atoms with Crippen molar-refractivity contribution in [1.82, 2.24) is 14.9 Å². The van der Waals surface area contributed by atoms with Crippen molar-refractivity contribution in [2.45, 2.75) is 32.2 Å². The number of fused-ring (bicyclic) bond motifs is 2. The highest BCUT2D eigenvalue weighted by Crippen LogP contribution is 2.33. The zero-order valence-electron chi connectivity index (χ0n) is 13.3. The molecule has 0 spiro atoms. The number of anilines is 1. The van der Waals surface area contributed by atoms with Crippen LogP contribution in [0.4, 0.5) is 5.95 Å². The van der Waals surface area contributed by atoms with Crippen molar-refractivity contribution in [3.05, 3.63) is 29.1 Å². The van der Waals surface area contributed by atoms with Gasteiger partial charge in [0.25, 0.3) is 0 Å². The lowest BCUT2D eigenvalue weighted by Gasteiger charge is -2.43. The highest BCUT2D eigenvalue weighted by atomic mass is 32.2. The zero-order chi connectivity index (χ0) is 15.7. The molecule has 22 heavy (non-hydrogen) atoms. The minimum Gasteiger partial charge on any atom is -0.368 e. The topological polar surface area (TPSA) is 72.1 Å². The average Bonchev–Trinajstić information content (AvgIpc) is 2.45. The Labute approximate surface area is 134 Å². The first-order chi connectivity index (χ1) is 10.6. The molecule has 0 saturated carbocycles. The van der Waals surface area contributed by atoms with Crippen LogP contribution >= 0.6 is 0 Å². The van der Waals surface area contributed by atoms with Crippen molar-refractivity contribution in [2.75, 3.05) is 30.8 Å². The summed E-state index contributed by atoms with van der Waals surface area (Å²) in [5, 5.41) is 0. The van der Waals surface area contributed by atoms with E-state index in [9.17, 15) is 4.21 Å². The van der Waals surface area contributed by atoms with Gasteiger partial charge in [0.2, 0.25) is 5.95 Å². The quantitative estimate of drug-likeness (QED) is 0.843. The molecular weight excluding hydrogens is 296 g/mol. The van der Waals surface area contributed by atoms with Crippen LogP contribution in [0.5, 0.6) is 0 Å². The third-order valence-corrected chi connectivity index (χ3v) is 5.33. The minimum absolute atomic E-state index is 0.359. The maximum atomic E-state index is 11.6. The first-order valence-electron chi connectivity index (χ1n) is 7.90. The number of aromatic nitrogens is 2. The Morgan fingerprint density at radius 2 is 2.27 bits per heavy atom. The molecule has 120 valence electrons. The predicted molar refractivity (Wildman–Crippen MR) is 90.0 cm³/mol. The molecule has 5 nitrogen and oxygen atoms in total. The molecule has 1 unspecified atom stereocenters. The molecule has 3 rings (SSSR count). The molecule has 1 aliphatic carbocycles. The Kier molecular flexibility index (Phi) is 4.59. The number of nitrogens with zero attached hydrogens (tertiary/aromatic N) is 3. The molecule has 6 heteroatoms. The summed E-state index contributed by atoms with van der Waals surface area (Å²) < 4.78 is 11.6. The van der Waals surface area contributed by atoms with Crippen LogP contribution in [0.2, 0.25) is 0 Å². The lowest BCUT2D eigenvalue weighted by Crippen LogP contribution is -2.49. The Balaban J connectivity index is 1.90. The molecule has 0 aromatic carbocycles. The van der Waals surface area contributed by atoms with E-state index in [1.807, 2.05) is 6.20 Å². The van der Waals surface area contributed by atoms with E-state index in [0.717, 1.165) is 38.0 Å². The summed E-state index contributed by atoms with van der Waals surface area (Å²) >= 11 is 0. The number of nitrogens with two attached hydrogens (primary N) is 1. The average molecular weight is 320 g/mol. The molecule has 1 aromatic rings. The van der Waals surface area contributed by atoms with Crippen LogP contribution in [0.15, 0.2) is 17.8 Å². The Morgan fingerprint density at radius 3 is 3.00 bits per heavy atom. The molecule has 2 aliphatic rings. The smallest absolute Gasteiger partial charge is 0.220 e. The normalized spacial score (nSPS) is 26.0. The van der Waals surface area contributed by atoms with Gasteiger partial charge in [-0.15, -0.1) is 0 Å². The monoisotopic (exact) mass is 320 g/mol. The summed E-state index contributed by atoms with van der Waals surface area (Å²) in [6, 6.07) is 0.508. The van der Waals surface area contributed by atoms with Crippen molar-refractivity contribution < 1.29 is 4.21 Å². The van der Waals surface area contributed by atoms with E-state index < -0.39 is 10.8 Å². The molecule has 0 amide bonds. The van der Waals surface area contributed by atoms with Gasteiger partial charge in [-0.05, 0) is 42.9 Å². The predicted octanol–water partition coefficient (Wildman–Crippen LogP) is 1.17. The van der Waals surface area contributed by atoms with Gasteiger partial charge in [0.15, 0.2) is 0 Å². The molecular formula is C16H24N4OS. The maximum Gasteiger partial charge on any atom is 0.220 e. The fourth-order valence-electron chi connectivity index (χ4n) is 3.73. The van der Waals surface area contributed by atoms with Gasteiger partial charge in [-0.3, -0.25) is 9.11 Å². The molecule has 2 heterocycles. The van der Waals surface area contributed by atoms with Gasteiger partial charge in [-0.2, -0.15) is 0 Å². The summed E-state index contributed by atoms with van der Waals surface area (Å²) in [5.41, 5.74) is 9.35. The van der Waals surface area contributed by atoms with Gasteiger partial charge >= 0.3 is 0 Å². The molecule has 1 aromatic heterocycles. The van der Waals surface area contributed by atoms with Crippen molar-refractivity contribution in [2.24, 2.45) is 5.92 Å². The lowest BCUT2D eigenvalue weighted by atomic mass is 9.79. The van der Waals surface area contributed by atoms with Gasteiger partial charge in [0, 0.05) is 47.3 Å². The standard InChI is InChI=1S/C16H24N4OS/c1-3-4-20-9-11(10-22(2)21)5-12-6-14-13(7-15(12)20)8-18-16(17)19-14/h5,8,12,15H,3-4,6-7,9-10H2,1-2H3,(H2,17,18,19)/t12-,15-,22?/m0/s1. The number of nitrogen functional groups attached to an aromatic ring is 1. The maximum absolute atomic E-state index is 11.6. The first-order valence-corrected chi connectivity index (χ1v) is 9.63. The number of hydrogen-bond acceptors (Lipinski definition) is 5. The highest BCUT2D eigenvalue weighted by molar-refractivity contribution is 7.84. The Hall–Kier alpha value is -1.27. The molecule has 3 atom stereocenters. The van der Waals surface area contributed by atoms with E-state index in [-0.39, 0.29) is 0 Å². The fraction of sp³-hybridized carbons (Fsp3) is 0.625. The first kappa shape index (κ1) is 15.6. The summed E-state index contributed by atoms with van der Waals surface area (Å²) in [4.78, 5) is 11.1. The highest BCUT2D eigenvalue weighted by Gasteiger charge is 2.35. The zero-order valence-corrected chi connectivity index (χ0v) is 14.1. The van der Waals surface area contributed by atoms with Crippen LogP contribution < -0.4 is 5.73 Å². The third kappa shape index (κ3) is 3.22. The van der Waals surface area contributed by atoms with E-state index in [4.69, 9.17) is 5.73 Å². The van der Waals surface area contributed by atoms with Crippen LogP contribution in [0.1, 0.15) is 24.6 Å². The van der Waals surface area contributed by atoms with E-state index in [1.165, 1.54) is 11.1 Å². The van der Waals surface area contributed by atoms with Crippen molar-refractivity contribution in [3.63, 3.8) is 0 Å². The fourth-order valence-corrected chi connectivity index (χ4v) is 4.44. The second kappa shape index (κ2) is 6.46. The number of hydrogen-bond donors (Lipinski definition) is 1. The van der Waals surface area contributed by atoms with Gasteiger partial charge in [0.05, 0.1) is 0 Å². The van der Waals surface area contributed by atoms with Crippen LogP contribution in [-0.2, 0) is 23.6 Å². The second-order valence-electron chi connectivity index (χ2n) is 6.35. The molecule has 0 bridgehead atoms. The molecule has 0 saturated heterocycles. The van der Waals surface area contributed by atoms with Gasteiger partial charge < -0.3 is 5.73 Å². The largest absolute Gasteiger partial charge is 0.368 e. The minimum atomic E-state index is -0.783. The molecule has 0 fully saturated rings. The van der Waals surface area contributed by atoms with Crippen molar-refractivity contribution in [3.8, 4) is 0 Å². The van der Waals surface area contributed by atoms with E-state index in [1.54, 1.807) is 6.26 Å². The van der Waals surface area contributed by atoms with Gasteiger partial charge in [0.1, 0.15) is 0 Å². The van der Waals surface area contributed by atoms with Crippen LogP contribution in [0, 0.1) is 5.92 Å². The second-order valence-corrected chi connectivity index (χ2v) is 7.79. The van der Waals surface area contributed by atoms with Crippen LogP contribution in [0.25, 0.3) is 0 Å². The van der Waals surface area contributed by atoms with Crippen LogP contribution in [-0.4, -0.2) is 50.2 Å². The Bertz CT molecular complexity index is 616. The molecule has 1 aliphatic heterocycles. The molecule has 0 radical (unpaired) electrons. The summed E-state index contributed by atoms with van der Waals surface area (Å²) in [6.07, 6.45) is 9.04. The SMILES string of the molecule is CCCN1CC(CS(C)=O)=C[C@H]2Cc3nc(N)ncc3C[C@@H]21. The van der Waals surface area contributed by atoms with Gasteiger partial charge in [-0.25, -0.2) is 9.97 Å². The summed E-state index contributed by atoms with van der Waals surface area (Å²) in [5.74, 6) is 1.49. The van der Waals surface area contributed by atoms with Crippen molar-refractivity contribution in [1.29, 1.82) is 0 Å². The lowest BCUT2D eigenvalue weighted by molar-refractivity contribution is 0.149. The van der Waals surface area contributed by atoms with Crippen molar-refractivity contribution >= 4 is 16.7 Å².